The van der Waals surface area contributed by atoms with Gasteiger partial charge in [0.15, 0.2) is 0 Å². The van der Waals surface area contributed by atoms with Gasteiger partial charge in [-0.1, -0.05) is 31.2 Å². The van der Waals surface area contributed by atoms with Gasteiger partial charge in [0.25, 0.3) is 0 Å². The van der Waals surface area contributed by atoms with E-state index in [-0.39, 0.29) is 53.7 Å². The molecule has 0 aliphatic carbocycles. The maximum atomic E-state index is 14.1. The maximum Gasteiger partial charge on any atom is 1.00 e. The Hall–Kier alpha value is -0.780. The van der Waals surface area contributed by atoms with E-state index >= 15 is 0 Å². The van der Waals surface area contributed by atoms with E-state index in [4.69, 9.17) is 0 Å². The van der Waals surface area contributed by atoms with Crippen LogP contribution >= 0.6 is 0 Å². The normalized spacial score (nSPS) is 15.6. The van der Waals surface area contributed by atoms with Crippen LogP contribution in [-0.4, -0.2) is 48.1 Å². The Labute approximate surface area is 205 Å². The van der Waals surface area contributed by atoms with E-state index in [1.54, 1.807) is 0 Å². The summed E-state index contributed by atoms with van der Waals surface area (Å²) in [6, 6.07) is 0.661. The molecule has 0 aromatic heterocycles. The van der Waals surface area contributed by atoms with Crippen LogP contribution in [0.15, 0.2) is 24.3 Å². The fourth-order valence-corrected chi connectivity index (χ4v) is 3.32. The van der Waals surface area contributed by atoms with Crippen LogP contribution in [-0.2, 0) is 22.5 Å². The first-order valence-corrected chi connectivity index (χ1v) is 9.86. The first-order chi connectivity index (χ1) is 14.4. The molecule has 0 fully saturated rings. The van der Waals surface area contributed by atoms with Crippen molar-refractivity contribution in [2.75, 3.05) is 0 Å². The SMILES string of the molecule is CCC(Cc1ccc(C(F)(F)C(F)(F)C(F)(F)C(F)(F)C(F)(F)C(F)(F)F)cc1)S(=O)(=O)[O-].[Na+]. The van der Waals surface area contributed by atoms with E-state index in [1.807, 2.05) is 0 Å². The summed E-state index contributed by atoms with van der Waals surface area (Å²) in [6.07, 6.45) is -8.43. The molecule has 1 aromatic rings. The van der Waals surface area contributed by atoms with Crippen molar-refractivity contribution >= 4 is 10.1 Å². The molecular formula is C16H12F13NaO3S. The van der Waals surface area contributed by atoms with Crippen molar-refractivity contribution < 1.29 is 99.6 Å². The van der Waals surface area contributed by atoms with Crippen LogP contribution in [0.3, 0.4) is 0 Å². The number of benzene rings is 1. The van der Waals surface area contributed by atoms with Crippen molar-refractivity contribution in [3.8, 4) is 0 Å². The Bertz CT molecular complexity index is 944. The standard InChI is InChI=1S/C16H13F13O3S.Na/c1-2-10(33(30,31)32)7-8-3-5-9(6-4-8)11(17,18)12(19,20)13(21,22)14(23,24)15(25,26)16(27,28)29;/h3-6,10H,2,7H2,1H3,(H,30,31,32);/q;+1/p-1. The van der Waals surface area contributed by atoms with Crippen molar-refractivity contribution in [2.45, 2.75) is 60.8 Å². The van der Waals surface area contributed by atoms with Crippen LogP contribution in [0, 0.1) is 0 Å². The van der Waals surface area contributed by atoms with E-state index in [1.165, 1.54) is 6.92 Å². The fraction of sp³-hybridized carbons (Fsp3) is 0.625. The van der Waals surface area contributed by atoms with Gasteiger partial charge >= 0.3 is 65.3 Å². The molecule has 1 atom stereocenters. The molecular weight excluding hydrogens is 542 g/mol. The summed E-state index contributed by atoms with van der Waals surface area (Å²) < 4.78 is 204. The average Bonchev–Trinajstić information content (AvgIpc) is 2.63. The van der Waals surface area contributed by atoms with Crippen LogP contribution in [0.5, 0.6) is 0 Å². The molecule has 0 saturated carbocycles. The molecule has 0 N–H and O–H groups in total. The molecule has 0 spiro atoms. The third kappa shape index (κ3) is 5.47. The first kappa shape index (κ1) is 33.2. The molecule has 18 heteroatoms. The largest absolute Gasteiger partial charge is 1.00 e. The van der Waals surface area contributed by atoms with Gasteiger partial charge < -0.3 is 4.55 Å². The fourth-order valence-electron chi connectivity index (χ4n) is 2.51. The van der Waals surface area contributed by atoms with Crippen molar-refractivity contribution in [1.82, 2.24) is 0 Å². The number of hydrogen-bond donors (Lipinski definition) is 0. The van der Waals surface area contributed by atoms with E-state index in [9.17, 15) is 70.0 Å². The predicted molar refractivity (Wildman–Crippen MR) is 83.7 cm³/mol. The Balaban J connectivity index is 0.0000109. The Morgan fingerprint density at radius 2 is 1.12 bits per heavy atom. The zero-order valence-electron chi connectivity index (χ0n) is 16.8. The summed E-state index contributed by atoms with van der Waals surface area (Å²) in [5.74, 6) is -37.6. The monoisotopic (exact) mass is 554 g/mol. The molecule has 1 unspecified atom stereocenters. The van der Waals surface area contributed by atoms with Gasteiger partial charge in [0, 0.05) is 5.56 Å². The van der Waals surface area contributed by atoms with Gasteiger partial charge in [-0.25, -0.2) is 8.42 Å². The van der Waals surface area contributed by atoms with Crippen LogP contribution in [0.4, 0.5) is 57.1 Å². The summed E-state index contributed by atoms with van der Waals surface area (Å²) in [4.78, 5) is 0. The quantitative estimate of drug-likeness (QED) is 0.268. The molecule has 34 heavy (non-hydrogen) atoms. The van der Waals surface area contributed by atoms with Gasteiger partial charge in [-0.3, -0.25) is 0 Å². The van der Waals surface area contributed by atoms with Gasteiger partial charge in [-0.15, -0.1) is 0 Å². The molecule has 0 bridgehead atoms. The number of halogens is 13. The molecule has 1 aromatic carbocycles. The van der Waals surface area contributed by atoms with Crippen molar-refractivity contribution in [3.05, 3.63) is 35.4 Å². The van der Waals surface area contributed by atoms with Crippen molar-refractivity contribution in [2.24, 2.45) is 0 Å². The van der Waals surface area contributed by atoms with E-state index in [2.05, 4.69) is 0 Å². The summed E-state index contributed by atoms with van der Waals surface area (Å²) in [5.41, 5.74) is -2.48. The molecule has 192 valence electrons. The average molecular weight is 554 g/mol. The van der Waals surface area contributed by atoms with Gasteiger partial charge in [0.05, 0.1) is 15.4 Å². The zero-order chi connectivity index (χ0) is 26.5. The number of hydrogen-bond acceptors (Lipinski definition) is 3. The Morgan fingerprint density at radius 3 is 1.44 bits per heavy atom. The Kier molecular flexibility index (Phi) is 9.71. The van der Waals surface area contributed by atoms with Crippen molar-refractivity contribution in [1.29, 1.82) is 0 Å². The summed E-state index contributed by atoms with van der Waals surface area (Å²) in [7, 11) is -4.90. The minimum Gasteiger partial charge on any atom is -0.748 e. The summed E-state index contributed by atoms with van der Waals surface area (Å²) in [5, 5.41) is -1.61. The molecule has 0 radical (unpaired) electrons. The van der Waals surface area contributed by atoms with Gasteiger partial charge in [0.1, 0.15) is 0 Å². The molecule has 0 saturated heterocycles. The molecule has 0 heterocycles. The molecule has 0 amide bonds. The second-order valence-corrected chi connectivity index (χ2v) is 8.45. The zero-order valence-corrected chi connectivity index (χ0v) is 19.7. The van der Waals surface area contributed by atoms with Crippen LogP contribution in [0.2, 0.25) is 0 Å². The van der Waals surface area contributed by atoms with E-state index in [0.717, 1.165) is 0 Å². The van der Waals surface area contributed by atoms with Crippen LogP contribution in [0.1, 0.15) is 24.5 Å². The van der Waals surface area contributed by atoms with Gasteiger partial charge in [-0.2, -0.15) is 57.1 Å². The number of rotatable bonds is 9. The third-order valence-electron chi connectivity index (χ3n) is 4.58. The first-order valence-electron chi connectivity index (χ1n) is 8.39. The number of alkyl halides is 13. The summed E-state index contributed by atoms with van der Waals surface area (Å²) >= 11 is 0. The predicted octanol–water partition coefficient (Wildman–Crippen LogP) is 2.75. The minimum absolute atomic E-state index is 0. The Morgan fingerprint density at radius 1 is 0.735 bits per heavy atom. The van der Waals surface area contributed by atoms with Gasteiger partial charge in [0.2, 0.25) is 0 Å². The maximum absolute atomic E-state index is 14.1. The smallest absolute Gasteiger partial charge is 0.748 e. The van der Waals surface area contributed by atoms with E-state index in [0.29, 0.717) is 12.1 Å². The third-order valence-corrected chi connectivity index (χ3v) is 5.89. The van der Waals surface area contributed by atoms with E-state index < -0.39 is 63.1 Å². The summed E-state index contributed by atoms with van der Waals surface area (Å²) in [6.45, 7) is 1.24. The second kappa shape index (κ2) is 9.94. The molecule has 3 nitrogen and oxygen atoms in total. The van der Waals surface area contributed by atoms with Gasteiger partial charge in [-0.05, 0) is 18.4 Å². The second-order valence-electron chi connectivity index (χ2n) is 6.79. The molecule has 0 aliphatic heterocycles. The van der Waals surface area contributed by atoms with Crippen LogP contribution < -0.4 is 29.6 Å². The van der Waals surface area contributed by atoms with Crippen LogP contribution in [0.25, 0.3) is 0 Å². The molecule has 1 rings (SSSR count). The topological polar surface area (TPSA) is 57.2 Å². The molecule has 0 aliphatic rings. The van der Waals surface area contributed by atoms with Crippen molar-refractivity contribution in [3.63, 3.8) is 0 Å². The minimum atomic E-state index is -8.00.